The molecular weight excluding hydrogens is 478 g/mol. The molecule has 0 aromatic heterocycles. The van der Waals surface area contributed by atoms with Crippen molar-refractivity contribution in [1.29, 1.82) is 0 Å². The minimum atomic E-state index is -5.14. The van der Waals surface area contributed by atoms with Crippen LogP contribution < -0.4 is 5.73 Å². The van der Waals surface area contributed by atoms with Gasteiger partial charge in [-0.1, -0.05) is 0 Å². The summed E-state index contributed by atoms with van der Waals surface area (Å²) >= 11 is 2.73. The second-order valence-corrected chi connectivity index (χ2v) is 5.25. The van der Waals surface area contributed by atoms with Crippen LogP contribution in [0.5, 0.6) is 0 Å². The van der Waals surface area contributed by atoms with Crippen molar-refractivity contribution in [3.8, 4) is 0 Å². The normalized spacial score (nSPS) is 12.9. The Kier molecular flexibility index (Phi) is 4.11. The fourth-order valence-electron chi connectivity index (χ4n) is 1.22. The van der Waals surface area contributed by atoms with Crippen molar-refractivity contribution < 1.29 is 26.3 Å². The molecule has 2 N–H and O–H groups in total. The van der Waals surface area contributed by atoms with E-state index in [9.17, 15) is 26.3 Å². The third-order valence-corrected chi connectivity index (χ3v) is 4.82. The maximum atomic E-state index is 12.6. The maximum Gasteiger partial charge on any atom is 0.419 e. The van der Waals surface area contributed by atoms with Gasteiger partial charge in [0.25, 0.3) is 0 Å². The molecule has 0 saturated heterocycles. The number of alkyl halides is 6. The second kappa shape index (κ2) is 4.63. The van der Waals surface area contributed by atoms with Crippen LogP contribution in [0.1, 0.15) is 11.1 Å². The number of hydrogen-bond donors (Lipinski definition) is 1. The highest BCUT2D eigenvalue weighted by Crippen LogP contribution is 2.46. The van der Waals surface area contributed by atoms with Crippen LogP contribution >= 0.6 is 45.2 Å². The minimum absolute atomic E-state index is 0.0287. The summed E-state index contributed by atoms with van der Waals surface area (Å²) in [4.78, 5) is 0. The van der Waals surface area contributed by atoms with E-state index in [1.165, 1.54) is 45.2 Å². The quantitative estimate of drug-likeness (QED) is 0.330. The van der Waals surface area contributed by atoms with Crippen LogP contribution in [0.3, 0.4) is 0 Å². The molecule has 0 radical (unpaired) electrons. The van der Waals surface area contributed by atoms with Crippen LogP contribution in [0.2, 0.25) is 0 Å². The summed E-state index contributed by atoms with van der Waals surface area (Å²) in [6.45, 7) is 0. The monoisotopic (exact) mass is 481 g/mol. The Hall–Kier alpha value is 0.0600. The van der Waals surface area contributed by atoms with Gasteiger partial charge in [0.1, 0.15) is 0 Å². The summed E-state index contributed by atoms with van der Waals surface area (Å²) in [5, 5.41) is 0. The number of hydrogen-bond acceptors (Lipinski definition) is 1. The lowest BCUT2D eigenvalue weighted by atomic mass is 10.0. The Morgan fingerprint density at radius 3 is 1.65 bits per heavy atom. The molecule has 1 rings (SSSR count). The zero-order valence-corrected chi connectivity index (χ0v) is 12.0. The predicted molar refractivity (Wildman–Crippen MR) is 66.3 cm³/mol. The molecule has 0 amide bonds. The van der Waals surface area contributed by atoms with Gasteiger partial charge in [-0.3, -0.25) is 0 Å². The number of nitrogens with two attached hydrogens (primary N) is 1. The van der Waals surface area contributed by atoms with E-state index in [0.717, 1.165) is 6.07 Å². The van der Waals surface area contributed by atoms with E-state index in [4.69, 9.17) is 5.73 Å². The molecule has 0 aliphatic carbocycles. The summed E-state index contributed by atoms with van der Waals surface area (Å²) in [5.41, 5.74) is 0.573. The molecule has 0 aliphatic heterocycles. The Bertz CT molecular complexity index is 451. The first kappa shape index (κ1) is 15.1. The number of anilines is 1. The van der Waals surface area contributed by atoms with Crippen molar-refractivity contribution >= 4 is 50.9 Å². The standard InChI is InChI=1S/C8H3F6I2N/c9-7(10,11)4-3(17)1-2(15)6(16)5(4)8(12,13)14/h1H,17H2. The topological polar surface area (TPSA) is 26.0 Å². The van der Waals surface area contributed by atoms with Gasteiger partial charge in [-0.25, -0.2) is 0 Å². The van der Waals surface area contributed by atoms with E-state index >= 15 is 0 Å². The van der Waals surface area contributed by atoms with Gasteiger partial charge in [-0.15, -0.1) is 0 Å². The van der Waals surface area contributed by atoms with Crippen LogP contribution in [0.15, 0.2) is 6.07 Å². The number of halogens is 8. The molecule has 0 bridgehead atoms. The first-order valence-electron chi connectivity index (χ1n) is 3.88. The molecule has 9 heteroatoms. The average molecular weight is 481 g/mol. The number of rotatable bonds is 0. The third kappa shape index (κ3) is 3.09. The van der Waals surface area contributed by atoms with Gasteiger partial charge in [-0.05, 0) is 51.2 Å². The SMILES string of the molecule is Nc1cc(I)c(I)c(C(F)(F)F)c1C(F)(F)F. The second-order valence-electron chi connectivity index (χ2n) is 3.01. The summed E-state index contributed by atoms with van der Waals surface area (Å²) in [6.07, 6.45) is -10.2. The van der Waals surface area contributed by atoms with Crippen molar-refractivity contribution in [2.75, 3.05) is 5.73 Å². The van der Waals surface area contributed by atoms with Gasteiger partial charge in [-0.2, -0.15) is 26.3 Å². The zero-order valence-electron chi connectivity index (χ0n) is 7.68. The fraction of sp³-hybridized carbons (Fsp3) is 0.250. The lowest BCUT2D eigenvalue weighted by Crippen LogP contribution is -2.21. The molecule has 0 unspecified atom stereocenters. The van der Waals surface area contributed by atoms with Crippen molar-refractivity contribution in [3.63, 3.8) is 0 Å². The molecule has 0 aliphatic rings. The average Bonchev–Trinajstić information content (AvgIpc) is 2.06. The first-order valence-corrected chi connectivity index (χ1v) is 6.04. The molecule has 0 saturated carbocycles. The van der Waals surface area contributed by atoms with Gasteiger partial charge < -0.3 is 5.73 Å². The predicted octanol–water partition coefficient (Wildman–Crippen LogP) is 4.52. The molecule has 17 heavy (non-hydrogen) atoms. The molecule has 1 aromatic carbocycles. The highest BCUT2D eigenvalue weighted by Gasteiger charge is 2.46. The third-order valence-electron chi connectivity index (χ3n) is 1.82. The van der Waals surface area contributed by atoms with Gasteiger partial charge in [0.2, 0.25) is 0 Å². The van der Waals surface area contributed by atoms with Gasteiger partial charge in [0, 0.05) is 12.8 Å². The molecule has 0 atom stereocenters. The van der Waals surface area contributed by atoms with E-state index in [0.29, 0.717) is 0 Å². The van der Waals surface area contributed by atoms with E-state index < -0.39 is 32.7 Å². The molecule has 96 valence electrons. The van der Waals surface area contributed by atoms with E-state index in [-0.39, 0.29) is 3.57 Å². The van der Waals surface area contributed by atoms with Crippen LogP contribution in [0.4, 0.5) is 32.0 Å². The summed E-state index contributed by atoms with van der Waals surface area (Å²) in [5.74, 6) is 0. The van der Waals surface area contributed by atoms with Crippen LogP contribution in [-0.4, -0.2) is 0 Å². The smallest absolute Gasteiger partial charge is 0.398 e. The van der Waals surface area contributed by atoms with Gasteiger partial charge >= 0.3 is 12.4 Å². The van der Waals surface area contributed by atoms with Crippen molar-refractivity contribution in [2.24, 2.45) is 0 Å². The minimum Gasteiger partial charge on any atom is -0.398 e. The Morgan fingerprint density at radius 2 is 1.29 bits per heavy atom. The Labute approximate surface area is 119 Å². The van der Waals surface area contributed by atoms with E-state index in [2.05, 4.69) is 0 Å². The first-order chi connectivity index (χ1) is 7.46. The fourth-order valence-corrected chi connectivity index (χ4v) is 2.55. The Morgan fingerprint density at radius 1 is 0.882 bits per heavy atom. The summed E-state index contributed by atoms with van der Waals surface area (Å²) in [6, 6.07) is 0.875. The molecule has 1 nitrogen and oxygen atoms in total. The highest BCUT2D eigenvalue weighted by atomic mass is 127. The van der Waals surface area contributed by atoms with Crippen LogP contribution in [0.25, 0.3) is 0 Å². The Balaban J connectivity index is 3.76. The van der Waals surface area contributed by atoms with Gasteiger partial charge in [0.15, 0.2) is 0 Å². The molecule has 0 fully saturated rings. The van der Waals surface area contributed by atoms with E-state index in [1.54, 1.807) is 0 Å². The molecular formula is C8H3F6I2N. The zero-order chi connectivity index (χ0) is 13.6. The lowest BCUT2D eigenvalue weighted by Gasteiger charge is -2.19. The largest absolute Gasteiger partial charge is 0.419 e. The number of nitrogen functional groups attached to an aromatic ring is 1. The number of benzene rings is 1. The van der Waals surface area contributed by atoms with Gasteiger partial charge in [0.05, 0.1) is 11.1 Å². The van der Waals surface area contributed by atoms with Crippen LogP contribution in [-0.2, 0) is 12.4 Å². The lowest BCUT2D eigenvalue weighted by molar-refractivity contribution is -0.162. The maximum absolute atomic E-state index is 12.6. The van der Waals surface area contributed by atoms with Crippen molar-refractivity contribution in [1.82, 2.24) is 0 Å². The summed E-state index contributed by atoms with van der Waals surface area (Å²) in [7, 11) is 0. The van der Waals surface area contributed by atoms with Crippen molar-refractivity contribution in [3.05, 3.63) is 24.3 Å². The molecule has 0 spiro atoms. The van der Waals surface area contributed by atoms with E-state index in [1.807, 2.05) is 0 Å². The summed E-state index contributed by atoms with van der Waals surface area (Å²) < 4.78 is 75.1. The van der Waals surface area contributed by atoms with Crippen LogP contribution in [0, 0.1) is 7.14 Å². The molecule has 0 heterocycles. The van der Waals surface area contributed by atoms with Crippen molar-refractivity contribution in [2.45, 2.75) is 12.4 Å². The molecule has 1 aromatic rings. The highest BCUT2D eigenvalue weighted by molar-refractivity contribution is 14.1.